The zero-order valence-corrected chi connectivity index (χ0v) is 10.8. The van der Waals surface area contributed by atoms with Crippen LogP contribution in [0.15, 0.2) is 41.9 Å². The predicted octanol–water partition coefficient (Wildman–Crippen LogP) is 3.81. The molecule has 0 aliphatic carbocycles. The maximum Gasteiger partial charge on any atom is 0.416 e. The lowest BCUT2D eigenvalue weighted by Gasteiger charge is -2.05. The summed E-state index contributed by atoms with van der Waals surface area (Å²) in [5.74, 6) is -0.389. The van der Waals surface area contributed by atoms with Gasteiger partial charge in [-0.05, 0) is 23.8 Å². The minimum Gasteiger partial charge on any atom is -0.298 e. The van der Waals surface area contributed by atoms with E-state index in [2.05, 4.69) is 10.3 Å². The normalized spacial score (nSPS) is 11.8. The summed E-state index contributed by atoms with van der Waals surface area (Å²) in [6.45, 7) is 0. The van der Waals surface area contributed by atoms with Gasteiger partial charge in [-0.15, -0.1) is 11.3 Å². The van der Waals surface area contributed by atoms with Crippen LogP contribution < -0.4 is 5.32 Å². The van der Waals surface area contributed by atoms with Crippen LogP contribution >= 0.6 is 11.3 Å². The van der Waals surface area contributed by atoms with Gasteiger partial charge in [0.05, 0.1) is 5.56 Å². The molecule has 1 heterocycles. The van der Waals surface area contributed by atoms with Crippen molar-refractivity contribution in [2.45, 2.75) is 6.18 Å². The first-order valence-corrected chi connectivity index (χ1v) is 6.39. The van der Waals surface area contributed by atoms with Gasteiger partial charge >= 0.3 is 6.18 Å². The lowest BCUT2D eigenvalue weighted by Crippen LogP contribution is -2.07. The maximum absolute atomic E-state index is 12.4. The van der Waals surface area contributed by atoms with E-state index in [9.17, 15) is 18.0 Å². The monoisotopic (exact) mass is 298 g/mol. The topological polar surface area (TPSA) is 42.0 Å². The first kappa shape index (κ1) is 14.3. The highest BCUT2D eigenvalue weighted by atomic mass is 32.1. The van der Waals surface area contributed by atoms with Crippen LogP contribution in [0.1, 0.15) is 11.1 Å². The fourth-order valence-electron chi connectivity index (χ4n) is 1.39. The number of carbonyl (C=O) groups is 1. The number of halogens is 3. The number of thiazole rings is 1. The van der Waals surface area contributed by atoms with Crippen molar-refractivity contribution < 1.29 is 18.0 Å². The molecule has 1 aromatic heterocycles. The smallest absolute Gasteiger partial charge is 0.298 e. The first-order chi connectivity index (χ1) is 9.45. The van der Waals surface area contributed by atoms with Gasteiger partial charge in [0, 0.05) is 17.7 Å². The van der Waals surface area contributed by atoms with Crippen molar-refractivity contribution in [3.8, 4) is 0 Å². The number of hydrogen-bond donors (Lipinski definition) is 1. The molecule has 1 N–H and O–H groups in total. The quantitative estimate of drug-likeness (QED) is 0.875. The molecule has 1 aromatic carbocycles. The lowest BCUT2D eigenvalue weighted by molar-refractivity contribution is -0.137. The molecule has 7 heteroatoms. The van der Waals surface area contributed by atoms with Crippen LogP contribution in [0.25, 0.3) is 6.08 Å². The molecule has 0 atom stereocenters. The number of nitrogens with one attached hydrogen (secondary N) is 1. The number of alkyl halides is 3. The largest absolute Gasteiger partial charge is 0.416 e. The molecule has 20 heavy (non-hydrogen) atoms. The molecular formula is C13H9F3N2OS. The summed E-state index contributed by atoms with van der Waals surface area (Å²) in [6.07, 6.45) is -0.128. The summed E-state index contributed by atoms with van der Waals surface area (Å²) in [4.78, 5) is 15.4. The summed E-state index contributed by atoms with van der Waals surface area (Å²) in [6, 6.07) is 4.54. The molecule has 0 aliphatic heterocycles. The molecule has 2 aromatic rings. The average Bonchev–Trinajstić information content (AvgIpc) is 2.88. The third kappa shape index (κ3) is 3.92. The Balaban J connectivity index is 1.99. The highest BCUT2D eigenvalue weighted by molar-refractivity contribution is 7.13. The van der Waals surface area contributed by atoms with E-state index < -0.39 is 11.7 Å². The first-order valence-electron chi connectivity index (χ1n) is 5.51. The van der Waals surface area contributed by atoms with E-state index in [1.165, 1.54) is 35.6 Å². The number of nitrogens with zero attached hydrogens (tertiary/aromatic N) is 1. The number of aromatic nitrogens is 1. The zero-order valence-electron chi connectivity index (χ0n) is 10.0. The molecule has 0 saturated carbocycles. The Hall–Kier alpha value is -2.15. The molecule has 0 bridgehead atoms. The van der Waals surface area contributed by atoms with Crippen LogP contribution in [0.3, 0.4) is 0 Å². The van der Waals surface area contributed by atoms with E-state index in [-0.39, 0.29) is 5.91 Å². The molecule has 0 aliphatic rings. The van der Waals surface area contributed by atoms with E-state index >= 15 is 0 Å². The second-order valence-corrected chi connectivity index (χ2v) is 4.67. The molecule has 3 nitrogen and oxygen atoms in total. The summed E-state index contributed by atoms with van der Waals surface area (Å²) in [7, 11) is 0. The number of benzene rings is 1. The second-order valence-electron chi connectivity index (χ2n) is 3.78. The molecule has 0 saturated heterocycles. The van der Waals surface area contributed by atoms with Crippen molar-refractivity contribution in [2.24, 2.45) is 0 Å². The van der Waals surface area contributed by atoms with Crippen LogP contribution in [0.2, 0.25) is 0 Å². The van der Waals surface area contributed by atoms with Crippen molar-refractivity contribution in [2.75, 3.05) is 5.32 Å². The second kappa shape index (κ2) is 5.87. The van der Waals surface area contributed by atoms with Crippen LogP contribution in [0.4, 0.5) is 18.3 Å². The summed E-state index contributed by atoms with van der Waals surface area (Å²) < 4.78 is 37.1. The summed E-state index contributed by atoms with van der Waals surface area (Å²) >= 11 is 1.28. The summed E-state index contributed by atoms with van der Waals surface area (Å²) in [5.41, 5.74) is -0.214. The molecule has 104 valence electrons. The maximum atomic E-state index is 12.4. The molecule has 2 rings (SSSR count). The van der Waals surface area contributed by atoms with Gasteiger partial charge in [0.25, 0.3) is 0 Å². The van der Waals surface area contributed by atoms with Crippen LogP contribution in [0.5, 0.6) is 0 Å². The number of anilines is 1. The standard InChI is InChI=1S/C13H9F3N2OS/c14-13(15,16)10-4-1-9(2-5-10)3-6-11(19)18-12-17-7-8-20-12/h1-8H,(H,17,18,19)/b6-3+. The van der Waals surface area contributed by atoms with Crippen LogP contribution in [0, 0.1) is 0 Å². The molecule has 0 radical (unpaired) electrons. The Bertz CT molecular complexity index is 604. The number of carbonyl (C=O) groups excluding carboxylic acids is 1. The van der Waals surface area contributed by atoms with Crippen molar-refractivity contribution >= 4 is 28.5 Å². The molecule has 0 unspecified atom stereocenters. The Morgan fingerprint density at radius 1 is 1.25 bits per heavy atom. The predicted molar refractivity (Wildman–Crippen MR) is 71.2 cm³/mol. The van der Waals surface area contributed by atoms with Gasteiger partial charge in [0.2, 0.25) is 5.91 Å². The van der Waals surface area contributed by atoms with Crippen molar-refractivity contribution in [1.29, 1.82) is 0 Å². The van der Waals surface area contributed by atoms with Gasteiger partial charge in [-0.3, -0.25) is 10.1 Å². The molecule has 0 fully saturated rings. The van der Waals surface area contributed by atoms with E-state index in [0.29, 0.717) is 10.7 Å². The summed E-state index contributed by atoms with van der Waals surface area (Å²) in [5, 5.41) is 4.71. The van der Waals surface area contributed by atoms with Gasteiger partial charge in [-0.1, -0.05) is 12.1 Å². The van der Waals surface area contributed by atoms with E-state index in [1.807, 2.05) is 0 Å². The fraction of sp³-hybridized carbons (Fsp3) is 0.0769. The third-order valence-electron chi connectivity index (χ3n) is 2.33. The average molecular weight is 298 g/mol. The zero-order chi connectivity index (χ0) is 14.6. The van der Waals surface area contributed by atoms with Crippen molar-refractivity contribution in [3.05, 3.63) is 53.0 Å². The Morgan fingerprint density at radius 3 is 2.50 bits per heavy atom. The van der Waals surface area contributed by atoms with Crippen molar-refractivity contribution in [3.63, 3.8) is 0 Å². The van der Waals surface area contributed by atoms with Crippen LogP contribution in [-0.2, 0) is 11.0 Å². The minimum atomic E-state index is -4.36. The minimum absolute atomic E-state index is 0.389. The van der Waals surface area contributed by atoms with Crippen LogP contribution in [-0.4, -0.2) is 10.9 Å². The number of amides is 1. The van der Waals surface area contributed by atoms with E-state index in [1.54, 1.807) is 11.6 Å². The Morgan fingerprint density at radius 2 is 1.95 bits per heavy atom. The third-order valence-corrected chi connectivity index (χ3v) is 3.02. The number of hydrogen-bond acceptors (Lipinski definition) is 3. The highest BCUT2D eigenvalue weighted by Gasteiger charge is 2.29. The Labute approximate surface area is 116 Å². The lowest BCUT2D eigenvalue weighted by atomic mass is 10.1. The van der Waals surface area contributed by atoms with E-state index in [0.717, 1.165) is 12.1 Å². The number of rotatable bonds is 3. The fourth-order valence-corrected chi connectivity index (χ4v) is 1.92. The molecular weight excluding hydrogens is 289 g/mol. The van der Waals surface area contributed by atoms with Gasteiger partial charge in [-0.2, -0.15) is 13.2 Å². The van der Waals surface area contributed by atoms with Gasteiger partial charge in [0.1, 0.15) is 0 Å². The van der Waals surface area contributed by atoms with Gasteiger partial charge < -0.3 is 0 Å². The molecule has 1 amide bonds. The van der Waals surface area contributed by atoms with E-state index in [4.69, 9.17) is 0 Å². The molecule has 0 spiro atoms. The SMILES string of the molecule is O=C(/C=C/c1ccc(C(F)(F)F)cc1)Nc1nccs1. The van der Waals surface area contributed by atoms with Gasteiger partial charge in [-0.25, -0.2) is 4.98 Å². The van der Waals surface area contributed by atoms with Crippen molar-refractivity contribution in [1.82, 2.24) is 4.98 Å². The Kier molecular flexibility index (Phi) is 4.19. The highest BCUT2D eigenvalue weighted by Crippen LogP contribution is 2.29. The van der Waals surface area contributed by atoms with Gasteiger partial charge in [0.15, 0.2) is 5.13 Å².